The van der Waals surface area contributed by atoms with Crippen molar-refractivity contribution < 1.29 is 9.59 Å². The van der Waals surface area contributed by atoms with E-state index >= 15 is 0 Å². The molecular formula is C20H41N7O2. The molecule has 0 bridgehead atoms. The van der Waals surface area contributed by atoms with Crippen LogP contribution in [0.5, 0.6) is 0 Å². The highest BCUT2D eigenvalue weighted by Crippen LogP contribution is 2.15. The minimum atomic E-state index is -0.558. The lowest BCUT2D eigenvalue weighted by Crippen LogP contribution is -2.41. The number of aliphatic imine (C=N–C) groups is 1. The van der Waals surface area contributed by atoms with Crippen LogP contribution in [0.25, 0.3) is 0 Å². The third-order valence-corrected chi connectivity index (χ3v) is 4.75. The predicted octanol–water partition coefficient (Wildman–Crippen LogP) is 0.841. The van der Waals surface area contributed by atoms with Gasteiger partial charge in [0.1, 0.15) is 0 Å². The van der Waals surface area contributed by atoms with Crippen LogP contribution >= 0.6 is 0 Å². The average Bonchev–Trinajstić information content (AvgIpc) is 2.95. The molecule has 1 unspecified atom stereocenters. The van der Waals surface area contributed by atoms with E-state index in [1.807, 2.05) is 0 Å². The van der Waals surface area contributed by atoms with Gasteiger partial charge in [0.15, 0.2) is 5.96 Å². The zero-order chi connectivity index (χ0) is 21.9. The quantitative estimate of drug-likeness (QED) is 0.354. The molecule has 0 aromatic rings. The molecule has 1 aliphatic rings. The molecule has 9 heteroatoms. The number of primary amides is 1. The van der Waals surface area contributed by atoms with Crippen molar-refractivity contribution in [1.82, 2.24) is 20.4 Å². The van der Waals surface area contributed by atoms with Gasteiger partial charge in [-0.05, 0) is 46.5 Å². The number of nitrogens with zero attached hydrogens (tertiary/aromatic N) is 3. The summed E-state index contributed by atoms with van der Waals surface area (Å²) in [5.74, 6) is 0.969. The smallest absolute Gasteiger partial charge is 0.312 e. The molecule has 168 valence electrons. The van der Waals surface area contributed by atoms with E-state index in [0.717, 1.165) is 51.3 Å². The van der Waals surface area contributed by atoms with Gasteiger partial charge in [-0.2, -0.15) is 0 Å². The highest BCUT2D eigenvalue weighted by atomic mass is 16.2. The number of unbranched alkanes of at least 4 members (excludes halogenated alkanes) is 3. The second-order valence-corrected chi connectivity index (χ2v) is 8.74. The lowest BCUT2D eigenvalue weighted by atomic mass is 10.1. The maximum absolute atomic E-state index is 11.9. The van der Waals surface area contributed by atoms with Crippen LogP contribution in [0.4, 0.5) is 4.79 Å². The number of rotatable bonds is 12. The maximum atomic E-state index is 11.9. The Labute approximate surface area is 175 Å². The molecule has 1 atom stereocenters. The first kappa shape index (κ1) is 25.0. The Morgan fingerprint density at radius 2 is 1.72 bits per heavy atom. The van der Waals surface area contributed by atoms with Crippen molar-refractivity contribution in [3.63, 3.8) is 0 Å². The standard InChI is InChI=1S/C20H41N7O2/c1-20(2,3)25-19-26(4)14-15-27(19)13-8-6-5-7-11-23-17(28)16(21)10-9-12-24-18(22)29/h16H,5-15,21H2,1-4H3,(H,23,28)(H3,22,24,29). The summed E-state index contributed by atoms with van der Waals surface area (Å²) in [6.45, 7) is 10.6. The van der Waals surface area contributed by atoms with Crippen molar-refractivity contribution in [3.8, 4) is 0 Å². The number of guanidine groups is 1. The van der Waals surface area contributed by atoms with Gasteiger partial charge >= 0.3 is 6.03 Å². The van der Waals surface area contributed by atoms with Gasteiger partial charge in [0, 0.05) is 39.8 Å². The lowest BCUT2D eigenvalue weighted by molar-refractivity contribution is -0.122. The van der Waals surface area contributed by atoms with Gasteiger partial charge < -0.3 is 31.9 Å². The monoisotopic (exact) mass is 411 g/mol. The van der Waals surface area contributed by atoms with Crippen LogP contribution < -0.4 is 22.1 Å². The average molecular weight is 412 g/mol. The van der Waals surface area contributed by atoms with Gasteiger partial charge in [0.2, 0.25) is 5.91 Å². The number of likely N-dealkylation sites (N-methyl/N-ethyl adjacent to an activating group) is 1. The SMILES string of the molecule is CN1CCN(CCCCCCNC(=O)C(N)CCCNC(N)=O)C1=NC(C)(C)C. The van der Waals surface area contributed by atoms with Gasteiger partial charge in [-0.3, -0.25) is 4.79 Å². The molecule has 0 spiro atoms. The van der Waals surface area contributed by atoms with Gasteiger partial charge in [0.05, 0.1) is 11.6 Å². The van der Waals surface area contributed by atoms with E-state index in [4.69, 9.17) is 16.5 Å². The van der Waals surface area contributed by atoms with E-state index in [-0.39, 0.29) is 11.4 Å². The van der Waals surface area contributed by atoms with Crippen LogP contribution in [-0.2, 0) is 4.79 Å². The minimum Gasteiger partial charge on any atom is -0.355 e. The zero-order valence-corrected chi connectivity index (χ0v) is 18.7. The molecule has 1 aliphatic heterocycles. The summed E-state index contributed by atoms with van der Waals surface area (Å²) < 4.78 is 0. The Morgan fingerprint density at radius 3 is 2.38 bits per heavy atom. The summed E-state index contributed by atoms with van der Waals surface area (Å²) in [4.78, 5) is 32.0. The topological polar surface area (TPSA) is 129 Å². The Balaban J connectivity index is 2.11. The first-order valence-electron chi connectivity index (χ1n) is 10.7. The molecule has 1 rings (SSSR count). The van der Waals surface area contributed by atoms with Crippen molar-refractivity contribution in [2.75, 3.05) is 39.8 Å². The summed E-state index contributed by atoms with van der Waals surface area (Å²) in [6.07, 6.45) is 5.43. The van der Waals surface area contributed by atoms with Crippen molar-refractivity contribution in [2.24, 2.45) is 16.5 Å². The van der Waals surface area contributed by atoms with E-state index in [1.165, 1.54) is 0 Å². The van der Waals surface area contributed by atoms with E-state index in [2.05, 4.69) is 48.3 Å². The summed E-state index contributed by atoms with van der Waals surface area (Å²) in [5.41, 5.74) is 10.8. The van der Waals surface area contributed by atoms with E-state index in [1.54, 1.807) is 0 Å². The van der Waals surface area contributed by atoms with Gasteiger partial charge in [-0.15, -0.1) is 0 Å². The number of nitrogens with two attached hydrogens (primary N) is 2. The Hall–Kier alpha value is -2.03. The second-order valence-electron chi connectivity index (χ2n) is 8.74. The van der Waals surface area contributed by atoms with Crippen molar-refractivity contribution in [3.05, 3.63) is 0 Å². The molecule has 3 amide bonds. The third-order valence-electron chi connectivity index (χ3n) is 4.75. The summed E-state index contributed by atoms with van der Waals surface area (Å²) >= 11 is 0. The first-order chi connectivity index (χ1) is 13.6. The molecule has 1 saturated heterocycles. The fraction of sp³-hybridized carbons (Fsp3) is 0.850. The van der Waals surface area contributed by atoms with Crippen LogP contribution in [0.1, 0.15) is 59.3 Å². The Kier molecular flexibility index (Phi) is 10.8. The molecule has 29 heavy (non-hydrogen) atoms. The van der Waals surface area contributed by atoms with Crippen molar-refractivity contribution >= 4 is 17.9 Å². The van der Waals surface area contributed by atoms with E-state index in [9.17, 15) is 9.59 Å². The van der Waals surface area contributed by atoms with Crippen LogP contribution in [0.2, 0.25) is 0 Å². The highest BCUT2D eigenvalue weighted by molar-refractivity contribution is 5.82. The minimum absolute atomic E-state index is 0.0659. The van der Waals surface area contributed by atoms with Crippen LogP contribution in [0, 0.1) is 0 Å². The number of carbonyl (C=O) groups excluding carboxylic acids is 2. The van der Waals surface area contributed by atoms with Gasteiger partial charge in [0.25, 0.3) is 0 Å². The Morgan fingerprint density at radius 1 is 1.07 bits per heavy atom. The number of carbonyl (C=O) groups is 2. The molecule has 9 nitrogen and oxygen atoms in total. The second kappa shape index (κ2) is 12.5. The van der Waals surface area contributed by atoms with Crippen LogP contribution in [0.3, 0.4) is 0 Å². The van der Waals surface area contributed by atoms with Crippen molar-refractivity contribution in [1.29, 1.82) is 0 Å². The normalized spacial score (nSPS) is 16.9. The lowest BCUT2D eigenvalue weighted by Gasteiger charge is -2.24. The number of hydrogen-bond acceptors (Lipinski definition) is 4. The molecule has 0 saturated carbocycles. The van der Waals surface area contributed by atoms with Gasteiger partial charge in [-0.25, -0.2) is 9.79 Å². The third kappa shape index (κ3) is 10.9. The number of nitrogens with one attached hydrogen (secondary N) is 2. The number of urea groups is 1. The Bertz CT molecular complexity index is 545. The maximum Gasteiger partial charge on any atom is 0.312 e. The van der Waals surface area contributed by atoms with Crippen LogP contribution in [-0.4, -0.2) is 79.0 Å². The molecule has 0 aromatic heterocycles. The predicted molar refractivity (Wildman–Crippen MR) is 118 cm³/mol. The van der Waals surface area contributed by atoms with E-state index in [0.29, 0.717) is 25.9 Å². The molecule has 6 N–H and O–H groups in total. The van der Waals surface area contributed by atoms with Gasteiger partial charge in [-0.1, -0.05) is 12.8 Å². The first-order valence-corrected chi connectivity index (χ1v) is 10.7. The fourth-order valence-corrected chi connectivity index (χ4v) is 3.17. The molecule has 0 aromatic carbocycles. The fourth-order valence-electron chi connectivity index (χ4n) is 3.17. The van der Waals surface area contributed by atoms with Crippen molar-refractivity contribution in [2.45, 2.75) is 70.9 Å². The number of amides is 3. The molecule has 0 radical (unpaired) electrons. The summed E-state index contributed by atoms with van der Waals surface area (Å²) in [7, 11) is 2.10. The summed E-state index contributed by atoms with van der Waals surface area (Å²) in [6, 6.07) is -1.10. The molecule has 1 fully saturated rings. The zero-order valence-electron chi connectivity index (χ0n) is 18.7. The molecule has 1 heterocycles. The molecular weight excluding hydrogens is 370 g/mol. The number of hydrogen-bond donors (Lipinski definition) is 4. The van der Waals surface area contributed by atoms with E-state index < -0.39 is 12.1 Å². The summed E-state index contributed by atoms with van der Waals surface area (Å²) in [5, 5.41) is 5.38. The largest absolute Gasteiger partial charge is 0.355 e. The molecule has 0 aliphatic carbocycles. The highest BCUT2D eigenvalue weighted by Gasteiger charge is 2.25. The van der Waals surface area contributed by atoms with Crippen LogP contribution in [0.15, 0.2) is 4.99 Å².